The maximum Gasteiger partial charge on any atom is 0.188 e. The van der Waals surface area contributed by atoms with Gasteiger partial charge in [0, 0.05) is 12.5 Å². The highest BCUT2D eigenvalue weighted by molar-refractivity contribution is 6.33. The minimum absolute atomic E-state index is 0.144. The van der Waals surface area contributed by atoms with Gasteiger partial charge in [-0.1, -0.05) is 31.4 Å². The molecule has 82 valence electrons. The Morgan fingerprint density at radius 1 is 1.53 bits per heavy atom. The summed E-state index contributed by atoms with van der Waals surface area (Å²) in [4.78, 5) is 12.3. The van der Waals surface area contributed by atoms with Crippen LogP contribution in [0.15, 0.2) is 6.20 Å². The smallest absolute Gasteiger partial charge is 0.188 e. The molecule has 1 aliphatic carbocycles. The van der Waals surface area contributed by atoms with Crippen molar-refractivity contribution in [2.75, 3.05) is 0 Å². The molecule has 1 fully saturated rings. The normalized spacial score (nSPS) is 19.4. The standard InChI is InChI=1S/C11H15ClN2O/c1-11(5-3-4-6-11)10(15)9-8(12)7-13-14(9)2/h7H,3-6H2,1-2H3. The van der Waals surface area contributed by atoms with Gasteiger partial charge in [0.15, 0.2) is 5.78 Å². The van der Waals surface area contributed by atoms with Crippen molar-refractivity contribution in [3.8, 4) is 0 Å². The molecule has 3 nitrogen and oxygen atoms in total. The number of halogens is 1. The fraction of sp³-hybridized carbons (Fsp3) is 0.636. The monoisotopic (exact) mass is 226 g/mol. The Hall–Kier alpha value is -0.830. The van der Waals surface area contributed by atoms with Crippen LogP contribution in [0.4, 0.5) is 0 Å². The van der Waals surface area contributed by atoms with Crippen LogP contribution in [0.25, 0.3) is 0 Å². The second-order valence-electron chi connectivity index (χ2n) is 4.56. The van der Waals surface area contributed by atoms with Gasteiger partial charge in [-0.3, -0.25) is 9.48 Å². The van der Waals surface area contributed by atoms with Crippen molar-refractivity contribution in [3.63, 3.8) is 0 Å². The summed E-state index contributed by atoms with van der Waals surface area (Å²) in [6.07, 6.45) is 5.74. The zero-order valence-corrected chi connectivity index (χ0v) is 9.84. The van der Waals surface area contributed by atoms with E-state index in [0.717, 1.165) is 25.7 Å². The summed E-state index contributed by atoms with van der Waals surface area (Å²) in [6, 6.07) is 0. The number of ketones is 1. The summed E-state index contributed by atoms with van der Waals surface area (Å²) in [6.45, 7) is 2.03. The first kappa shape index (κ1) is 10.7. The minimum Gasteiger partial charge on any atom is -0.292 e. The van der Waals surface area contributed by atoms with Crippen molar-refractivity contribution >= 4 is 17.4 Å². The lowest BCUT2D eigenvalue weighted by Gasteiger charge is -2.21. The first-order chi connectivity index (χ1) is 7.04. The minimum atomic E-state index is -0.225. The van der Waals surface area contributed by atoms with E-state index in [1.807, 2.05) is 6.92 Å². The molecule has 0 unspecified atom stereocenters. The van der Waals surface area contributed by atoms with Crippen LogP contribution in [-0.4, -0.2) is 15.6 Å². The largest absolute Gasteiger partial charge is 0.292 e. The number of hydrogen-bond acceptors (Lipinski definition) is 2. The highest BCUT2D eigenvalue weighted by Gasteiger charge is 2.38. The molecule has 0 bridgehead atoms. The third kappa shape index (κ3) is 1.69. The average molecular weight is 227 g/mol. The molecule has 1 aromatic rings. The fourth-order valence-corrected chi connectivity index (χ4v) is 2.59. The quantitative estimate of drug-likeness (QED) is 0.727. The number of aryl methyl sites for hydroxylation is 1. The maximum atomic E-state index is 12.3. The van der Waals surface area contributed by atoms with Crippen LogP contribution in [0.2, 0.25) is 5.02 Å². The van der Waals surface area contributed by atoms with Crippen molar-refractivity contribution in [2.24, 2.45) is 12.5 Å². The van der Waals surface area contributed by atoms with Crippen molar-refractivity contribution < 1.29 is 4.79 Å². The molecule has 4 heteroatoms. The van der Waals surface area contributed by atoms with Crippen molar-refractivity contribution in [1.29, 1.82) is 0 Å². The van der Waals surface area contributed by atoms with Crippen molar-refractivity contribution in [2.45, 2.75) is 32.6 Å². The molecule has 0 aromatic carbocycles. The van der Waals surface area contributed by atoms with Gasteiger partial charge >= 0.3 is 0 Å². The Bertz CT molecular complexity index is 372. The lowest BCUT2D eigenvalue weighted by molar-refractivity contribution is 0.0813. The van der Waals surface area contributed by atoms with Gasteiger partial charge < -0.3 is 0 Å². The lowest BCUT2D eigenvalue weighted by atomic mass is 9.82. The number of Topliss-reactive ketones (excluding diaryl/α,β-unsaturated/α-hetero) is 1. The van der Waals surface area contributed by atoms with E-state index < -0.39 is 0 Å². The van der Waals surface area contributed by atoms with Crippen LogP contribution < -0.4 is 0 Å². The summed E-state index contributed by atoms with van der Waals surface area (Å²) >= 11 is 5.98. The van der Waals surface area contributed by atoms with E-state index in [4.69, 9.17) is 11.6 Å². The molecule has 0 spiro atoms. The average Bonchev–Trinajstić information content (AvgIpc) is 2.75. The van der Waals surface area contributed by atoms with Gasteiger partial charge in [-0.25, -0.2) is 0 Å². The summed E-state index contributed by atoms with van der Waals surface area (Å²) in [5.41, 5.74) is 0.332. The summed E-state index contributed by atoms with van der Waals surface area (Å²) in [5, 5.41) is 4.47. The number of hydrogen-bond donors (Lipinski definition) is 0. The van der Waals surface area contributed by atoms with Crippen LogP contribution >= 0.6 is 11.6 Å². The Kier molecular flexibility index (Phi) is 2.59. The second-order valence-corrected chi connectivity index (χ2v) is 4.97. The molecule has 0 saturated heterocycles. The Morgan fingerprint density at radius 3 is 2.60 bits per heavy atom. The highest BCUT2D eigenvalue weighted by atomic mass is 35.5. The molecule has 15 heavy (non-hydrogen) atoms. The molecule has 1 aliphatic rings. The first-order valence-corrected chi connectivity index (χ1v) is 5.65. The van der Waals surface area contributed by atoms with E-state index in [9.17, 15) is 4.79 Å². The predicted molar refractivity (Wildman–Crippen MR) is 59.1 cm³/mol. The van der Waals surface area contributed by atoms with Crippen molar-refractivity contribution in [3.05, 3.63) is 16.9 Å². The van der Waals surface area contributed by atoms with Gasteiger partial charge in [0.2, 0.25) is 0 Å². The fourth-order valence-electron chi connectivity index (χ4n) is 2.33. The Labute approximate surface area is 94.4 Å². The molecule has 0 atom stereocenters. The van der Waals surface area contributed by atoms with Gasteiger partial charge in [0.25, 0.3) is 0 Å². The maximum absolute atomic E-state index is 12.3. The molecule has 2 rings (SSSR count). The van der Waals surface area contributed by atoms with E-state index in [-0.39, 0.29) is 11.2 Å². The number of carbonyl (C=O) groups excluding carboxylic acids is 1. The van der Waals surface area contributed by atoms with E-state index in [0.29, 0.717) is 10.7 Å². The van der Waals surface area contributed by atoms with E-state index in [2.05, 4.69) is 5.10 Å². The number of aromatic nitrogens is 2. The summed E-state index contributed by atoms with van der Waals surface area (Å²) in [5.74, 6) is 0.144. The number of carbonyl (C=O) groups is 1. The van der Waals surface area contributed by atoms with Gasteiger partial charge in [-0.15, -0.1) is 0 Å². The van der Waals surface area contributed by atoms with Crippen LogP contribution in [0, 0.1) is 5.41 Å². The second kappa shape index (κ2) is 3.63. The third-order valence-electron chi connectivity index (χ3n) is 3.36. The molecular weight excluding hydrogens is 212 g/mol. The molecule has 0 amide bonds. The van der Waals surface area contributed by atoms with Crippen LogP contribution in [0.5, 0.6) is 0 Å². The molecule has 1 aromatic heterocycles. The predicted octanol–water partition coefficient (Wildman–Crippen LogP) is 2.84. The first-order valence-electron chi connectivity index (χ1n) is 5.27. The summed E-state index contributed by atoms with van der Waals surface area (Å²) < 4.78 is 1.58. The number of rotatable bonds is 2. The van der Waals surface area contributed by atoms with Crippen molar-refractivity contribution in [1.82, 2.24) is 9.78 Å². The molecule has 0 radical (unpaired) electrons. The number of nitrogens with zero attached hydrogens (tertiary/aromatic N) is 2. The Morgan fingerprint density at radius 2 is 2.13 bits per heavy atom. The zero-order chi connectivity index (χ0) is 11.1. The SMILES string of the molecule is Cn1ncc(Cl)c1C(=O)C1(C)CCCC1. The van der Waals surface area contributed by atoms with Crippen LogP contribution in [0.1, 0.15) is 43.1 Å². The Balaban J connectivity index is 2.35. The van der Waals surface area contributed by atoms with Gasteiger partial charge in [-0.05, 0) is 12.8 Å². The third-order valence-corrected chi connectivity index (χ3v) is 3.64. The van der Waals surface area contributed by atoms with E-state index in [1.165, 1.54) is 6.20 Å². The zero-order valence-electron chi connectivity index (χ0n) is 9.09. The topological polar surface area (TPSA) is 34.9 Å². The molecular formula is C11H15ClN2O. The highest BCUT2D eigenvalue weighted by Crippen LogP contribution is 2.41. The van der Waals surface area contributed by atoms with Gasteiger partial charge in [0.1, 0.15) is 5.69 Å². The lowest BCUT2D eigenvalue weighted by Crippen LogP contribution is -2.26. The van der Waals surface area contributed by atoms with E-state index >= 15 is 0 Å². The van der Waals surface area contributed by atoms with Crippen LogP contribution in [0.3, 0.4) is 0 Å². The molecule has 0 N–H and O–H groups in total. The molecule has 0 aliphatic heterocycles. The summed E-state index contributed by atoms with van der Waals surface area (Å²) in [7, 11) is 1.76. The van der Waals surface area contributed by atoms with E-state index in [1.54, 1.807) is 11.7 Å². The van der Waals surface area contributed by atoms with Gasteiger partial charge in [0.05, 0.1) is 11.2 Å². The molecule has 1 heterocycles. The van der Waals surface area contributed by atoms with Crippen LogP contribution in [-0.2, 0) is 7.05 Å². The molecule has 1 saturated carbocycles. The van der Waals surface area contributed by atoms with Gasteiger partial charge in [-0.2, -0.15) is 5.10 Å².